The van der Waals surface area contributed by atoms with Gasteiger partial charge in [-0.1, -0.05) is 76.8 Å². The van der Waals surface area contributed by atoms with E-state index in [0.29, 0.717) is 24.3 Å². The van der Waals surface area contributed by atoms with Gasteiger partial charge in [-0.25, -0.2) is 0 Å². The van der Waals surface area contributed by atoms with Gasteiger partial charge in [0.15, 0.2) is 0 Å². The molecule has 1 fully saturated rings. The van der Waals surface area contributed by atoms with Gasteiger partial charge in [-0.05, 0) is 55.2 Å². The summed E-state index contributed by atoms with van der Waals surface area (Å²) < 4.78 is 2.32. The summed E-state index contributed by atoms with van der Waals surface area (Å²) in [6, 6.07) is 13.4. The third-order valence-corrected chi connectivity index (χ3v) is 6.51. The molecule has 1 aliphatic rings. The summed E-state index contributed by atoms with van der Waals surface area (Å²) in [6.45, 7) is 12.8. The number of rotatable bonds is 8. The second-order valence-electron chi connectivity index (χ2n) is 11.0. The molecule has 0 spiro atoms. The van der Waals surface area contributed by atoms with Gasteiger partial charge in [0.1, 0.15) is 0 Å². The number of hydrogen-bond acceptors (Lipinski definition) is 1. The van der Waals surface area contributed by atoms with E-state index in [4.69, 9.17) is 0 Å². The zero-order valence-corrected chi connectivity index (χ0v) is 20.4. The lowest BCUT2D eigenvalue weighted by Gasteiger charge is -2.36. The molecule has 2 aromatic rings. The minimum absolute atomic E-state index is 0.262. The largest absolute Gasteiger partial charge is 0.345 e. The molecule has 1 amide bonds. The van der Waals surface area contributed by atoms with Crippen molar-refractivity contribution in [2.75, 3.05) is 0 Å². The van der Waals surface area contributed by atoms with E-state index in [1.807, 2.05) is 0 Å². The van der Waals surface area contributed by atoms with Gasteiger partial charge in [-0.15, -0.1) is 0 Å². The lowest BCUT2D eigenvalue weighted by atomic mass is 9.84. The summed E-state index contributed by atoms with van der Waals surface area (Å²) in [5.74, 6) is 0.754. The van der Waals surface area contributed by atoms with Crippen LogP contribution in [0.15, 0.2) is 42.6 Å². The van der Waals surface area contributed by atoms with Crippen molar-refractivity contribution in [3.63, 3.8) is 0 Å². The number of nitrogens with zero attached hydrogens (tertiary/aromatic N) is 2. The average molecular weight is 423 g/mol. The fourth-order valence-corrected chi connectivity index (χ4v) is 5.28. The van der Waals surface area contributed by atoms with E-state index in [2.05, 4.69) is 86.7 Å². The Bertz CT molecular complexity index is 839. The van der Waals surface area contributed by atoms with E-state index in [9.17, 15) is 4.79 Å². The Morgan fingerprint density at radius 2 is 1.87 bits per heavy atom. The molecule has 0 aliphatic heterocycles. The molecule has 1 unspecified atom stereocenters. The maximum absolute atomic E-state index is 13.5. The minimum Gasteiger partial charge on any atom is -0.345 e. The van der Waals surface area contributed by atoms with Crippen LogP contribution in [0.1, 0.15) is 89.5 Å². The predicted molar refractivity (Wildman–Crippen MR) is 130 cm³/mol. The quantitative estimate of drug-likeness (QED) is 0.451. The molecule has 1 heterocycles. The van der Waals surface area contributed by atoms with Crippen molar-refractivity contribution >= 4 is 5.91 Å². The molecule has 1 aromatic carbocycles. The second kappa shape index (κ2) is 10.5. The summed E-state index contributed by atoms with van der Waals surface area (Å²) in [5.41, 5.74) is 4.10. The third kappa shape index (κ3) is 7.26. The van der Waals surface area contributed by atoms with Crippen molar-refractivity contribution in [1.29, 1.82) is 0 Å². The van der Waals surface area contributed by atoms with Gasteiger partial charge in [0.25, 0.3) is 0 Å². The molecule has 31 heavy (non-hydrogen) atoms. The first-order valence-electron chi connectivity index (χ1n) is 12.2. The van der Waals surface area contributed by atoms with E-state index in [1.165, 1.54) is 36.1 Å². The Hall–Kier alpha value is -2.03. The lowest BCUT2D eigenvalue weighted by Crippen LogP contribution is -2.42. The summed E-state index contributed by atoms with van der Waals surface area (Å²) in [5, 5.41) is 0. The molecular formula is C28H42N2O. The molecule has 3 rings (SSSR count). The summed E-state index contributed by atoms with van der Waals surface area (Å²) in [4.78, 5) is 15.7. The summed E-state index contributed by atoms with van der Waals surface area (Å²) >= 11 is 0. The Labute approximate surface area is 189 Å². The van der Waals surface area contributed by atoms with Crippen LogP contribution < -0.4 is 0 Å². The fraction of sp³-hybridized carbons (Fsp3) is 0.607. The van der Waals surface area contributed by atoms with Gasteiger partial charge in [-0.3, -0.25) is 4.79 Å². The van der Waals surface area contributed by atoms with Crippen LogP contribution in [0.4, 0.5) is 0 Å². The molecule has 0 saturated heterocycles. The van der Waals surface area contributed by atoms with Crippen molar-refractivity contribution in [1.82, 2.24) is 9.47 Å². The van der Waals surface area contributed by atoms with Gasteiger partial charge in [0, 0.05) is 30.9 Å². The van der Waals surface area contributed by atoms with Gasteiger partial charge in [-0.2, -0.15) is 0 Å². The van der Waals surface area contributed by atoms with Crippen molar-refractivity contribution in [2.45, 2.75) is 98.7 Å². The molecule has 3 nitrogen and oxygen atoms in total. The smallest absolute Gasteiger partial charge is 0.223 e. The number of carbonyl (C=O) groups excluding carboxylic acids is 1. The van der Waals surface area contributed by atoms with Crippen LogP contribution >= 0.6 is 0 Å². The predicted octanol–water partition coefficient (Wildman–Crippen LogP) is 6.97. The van der Waals surface area contributed by atoms with Gasteiger partial charge >= 0.3 is 0 Å². The monoisotopic (exact) mass is 422 g/mol. The third-order valence-electron chi connectivity index (χ3n) is 6.51. The number of aromatic nitrogens is 1. The van der Waals surface area contributed by atoms with Crippen LogP contribution in [0.25, 0.3) is 0 Å². The zero-order valence-electron chi connectivity index (χ0n) is 20.4. The van der Waals surface area contributed by atoms with E-state index < -0.39 is 0 Å². The lowest BCUT2D eigenvalue weighted by molar-refractivity contribution is -0.136. The molecule has 1 aromatic heterocycles. The molecule has 3 heteroatoms. The number of carbonyl (C=O) groups is 1. The van der Waals surface area contributed by atoms with E-state index >= 15 is 0 Å². The van der Waals surface area contributed by atoms with Crippen LogP contribution in [-0.2, 0) is 17.9 Å². The van der Waals surface area contributed by atoms with Crippen molar-refractivity contribution in [3.8, 4) is 0 Å². The van der Waals surface area contributed by atoms with Crippen LogP contribution in [0, 0.1) is 18.3 Å². The SMILES string of the molecule is Cc1cccc(Cn2cccc2CN(C(=O)CC(C)CC(C)(C)C)C2CCCCC2)c1. The number of hydrogen-bond donors (Lipinski definition) is 0. The van der Waals surface area contributed by atoms with Crippen molar-refractivity contribution in [3.05, 3.63) is 59.4 Å². The average Bonchev–Trinajstić information content (AvgIpc) is 3.11. The first kappa shape index (κ1) is 23.6. The molecule has 0 radical (unpaired) electrons. The molecule has 170 valence electrons. The molecular weight excluding hydrogens is 380 g/mol. The summed E-state index contributed by atoms with van der Waals surface area (Å²) in [7, 11) is 0. The standard InChI is InChI=1S/C28H42N2O/c1-22-11-9-12-24(17-22)20-29-16-10-15-26(29)21-30(25-13-7-6-8-14-25)27(31)18-23(2)19-28(3,4)5/h9-12,15-17,23,25H,6-8,13-14,18-21H2,1-5H3. The molecule has 0 bridgehead atoms. The number of benzene rings is 1. The highest BCUT2D eigenvalue weighted by Gasteiger charge is 2.28. The number of aryl methyl sites for hydroxylation is 1. The van der Waals surface area contributed by atoms with Crippen LogP contribution in [0.2, 0.25) is 0 Å². The highest BCUT2D eigenvalue weighted by atomic mass is 16.2. The zero-order chi connectivity index (χ0) is 22.4. The fourth-order valence-electron chi connectivity index (χ4n) is 5.28. The van der Waals surface area contributed by atoms with Crippen LogP contribution in [-0.4, -0.2) is 21.4 Å². The second-order valence-corrected chi connectivity index (χ2v) is 11.0. The van der Waals surface area contributed by atoms with Crippen molar-refractivity contribution in [2.24, 2.45) is 11.3 Å². The van der Waals surface area contributed by atoms with Crippen LogP contribution in [0.3, 0.4) is 0 Å². The molecule has 1 aliphatic carbocycles. The highest BCUT2D eigenvalue weighted by Crippen LogP contribution is 2.29. The topological polar surface area (TPSA) is 25.2 Å². The molecule has 1 atom stereocenters. The first-order valence-corrected chi connectivity index (χ1v) is 12.2. The maximum Gasteiger partial charge on any atom is 0.223 e. The normalized spacial score (nSPS) is 16.3. The Morgan fingerprint density at radius 3 is 2.55 bits per heavy atom. The van der Waals surface area contributed by atoms with Crippen molar-refractivity contribution < 1.29 is 4.79 Å². The number of amides is 1. The maximum atomic E-state index is 13.5. The Balaban J connectivity index is 1.75. The first-order chi connectivity index (χ1) is 14.7. The summed E-state index contributed by atoms with van der Waals surface area (Å²) in [6.07, 6.45) is 10.0. The van der Waals surface area contributed by atoms with Gasteiger partial charge in [0.2, 0.25) is 5.91 Å². The van der Waals surface area contributed by atoms with E-state index in [0.717, 1.165) is 32.4 Å². The van der Waals surface area contributed by atoms with E-state index in [1.54, 1.807) is 0 Å². The Kier molecular flexibility index (Phi) is 8.02. The Morgan fingerprint density at radius 1 is 1.13 bits per heavy atom. The molecule has 0 N–H and O–H groups in total. The van der Waals surface area contributed by atoms with Gasteiger partial charge < -0.3 is 9.47 Å². The highest BCUT2D eigenvalue weighted by molar-refractivity contribution is 5.76. The van der Waals surface area contributed by atoms with E-state index in [-0.39, 0.29) is 5.41 Å². The molecule has 1 saturated carbocycles. The minimum atomic E-state index is 0.262. The van der Waals surface area contributed by atoms with Crippen LogP contribution in [0.5, 0.6) is 0 Å². The van der Waals surface area contributed by atoms with Gasteiger partial charge in [0.05, 0.1) is 6.54 Å².